The van der Waals surface area contributed by atoms with Gasteiger partial charge in [-0.3, -0.25) is 15.1 Å². The van der Waals surface area contributed by atoms with Crippen LogP contribution in [0.25, 0.3) is 55.8 Å². The zero-order chi connectivity index (χ0) is 26.2. The Labute approximate surface area is 216 Å². The van der Waals surface area contributed by atoms with E-state index in [1.54, 1.807) is 30.7 Å². The van der Waals surface area contributed by atoms with E-state index < -0.39 is 5.82 Å². The van der Waals surface area contributed by atoms with Crippen LogP contribution >= 0.6 is 0 Å². The van der Waals surface area contributed by atoms with Crippen molar-refractivity contribution in [3.63, 3.8) is 0 Å². The average molecular weight is 511 g/mol. The van der Waals surface area contributed by atoms with Crippen molar-refractivity contribution >= 4 is 27.6 Å². The Bertz CT molecular complexity index is 1760. The maximum Gasteiger partial charge on any atom is 0.157 e. The minimum absolute atomic E-state index is 0.213. The number of pyridine rings is 2. The summed E-state index contributed by atoms with van der Waals surface area (Å²) in [5.41, 5.74) is 5.29. The Hall–Kier alpha value is -4.70. The number of hydrogen-bond donors (Lipinski definition) is 3. The monoisotopic (exact) mass is 510 g/mol. The minimum atomic E-state index is -0.448. The summed E-state index contributed by atoms with van der Waals surface area (Å²) in [6.45, 7) is 1.48. The molecule has 8 nitrogen and oxygen atoms in total. The second-order valence-electron chi connectivity index (χ2n) is 9.29. The second-order valence-corrected chi connectivity index (χ2v) is 9.29. The lowest BCUT2D eigenvalue weighted by Gasteiger charge is -2.12. The number of benzene rings is 2. The largest absolute Gasteiger partial charge is 0.384 e. The Balaban J connectivity index is 1.43. The summed E-state index contributed by atoms with van der Waals surface area (Å²) in [4.78, 5) is 18.8. The fourth-order valence-electron chi connectivity index (χ4n) is 4.47. The number of halogens is 2. The molecular formula is C28H24F2N8. The Morgan fingerprint density at radius 1 is 0.947 bits per heavy atom. The number of hydrogen-bond acceptors (Lipinski definition) is 6. The normalized spacial score (nSPS) is 11.6. The maximum absolute atomic E-state index is 15.0. The van der Waals surface area contributed by atoms with Crippen LogP contribution in [0.3, 0.4) is 0 Å². The number of nitrogens with zero attached hydrogens (tertiary/aromatic N) is 5. The van der Waals surface area contributed by atoms with E-state index in [1.165, 1.54) is 18.2 Å². The first-order valence-electron chi connectivity index (χ1n) is 12.1. The van der Waals surface area contributed by atoms with Crippen LogP contribution < -0.4 is 5.32 Å². The van der Waals surface area contributed by atoms with Gasteiger partial charge in [-0.2, -0.15) is 5.10 Å². The first kappa shape index (κ1) is 23.7. The summed E-state index contributed by atoms with van der Waals surface area (Å²) in [5.74, 6) is -0.348. The second kappa shape index (κ2) is 9.64. The molecule has 6 rings (SSSR count). The SMILES string of the molecule is CN(C)CCNc1cc(F)cc(-c2nccc3[nH]c(-c4[nH]nc5c(F)cc(-c6cccnc6)cc45)nc23)c1. The number of imidazole rings is 1. The lowest BCUT2D eigenvalue weighted by atomic mass is 10.0. The van der Waals surface area contributed by atoms with Gasteiger partial charge in [0.1, 0.15) is 22.5 Å². The number of fused-ring (bicyclic) bond motifs is 2. The number of aromatic amines is 2. The topological polar surface area (TPSA) is 98.4 Å². The van der Waals surface area contributed by atoms with Crippen LogP contribution in [0.1, 0.15) is 0 Å². The lowest BCUT2D eigenvalue weighted by molar-refractivity contribution is 0.425. The van der Waals surface area contributed by atoms with E-state index in [1.807, 2.05) is 37.2 Å². The third-order valence-corrected chi connectivity index (χ3v) is 6.30. The molecule has 0 atom stereocenters. The molecule has 0 aliphatic carbocycles. The quantitative estimate of drug-likeness (QED) is 0.263. The molecule has 6 aromatic rings. The van der Waals surface area contributed by atoms with Crippen molar-refractivity contribution in [1.82, 2.24) is 35.0 Å². The predicted molar refractivity (Wildman–Crippen MR) is 145 cm³/mol. The van der Waals surface area contributed by atoms with Gasteiger partial charge in [-0.25, -0.2) is 13.8 Å². The molecule has 38 heavy (non-hydrogen) atoms. The molecule has 0 spiro atoms. The van der Waals surface area contributed by atoms with Crippen LogP contribution in [0.4, 0.5) is 14.5 Å². The molecule has 0 aliphatic rings. The van der Waals surface area contributed by atoms with E-state index >= 15 is 0 Å². The third-order valence-electron chi connectivity index (χ3n) is 6.30. The van der Waals surface area contributed by atoms with Crippen LogP contribution in [-0.4, -0.2) is 62.2 Å². The maximum atomic E-state index is 15.0. The van der Waals surface area contributed by atoms with Crippen LogP contribution in [0, 0.1) is 11.6 Å². The van der Waals surface area contributed by atoms with Gasteiger partial charge >= 0.3 is 0 Å². The molecule has 0 aliphatic heterocycles. The van der Waals surface area contributed by atoms with Gasteiger partial charge in [0.15, 0.2) is 11.6 Å². The van der Waals surface area contributed by atoms with Crippen LogP contribution in [0.2, 0.25) is 0 Å². The van der Waals surface area contributed by atoms with Crippen molar-refractivity contribution in [3.05, 3.63) is 78.8 Å². The minimum Gasteiger partial charge on any atom is -0.384 e. The first-order chi connectivity index (χ1) is 18.5. The summed E-state index contributed by atoms with van der Waals surface area (Å²) >= 11 is 0. The van der Waals surface area contributed by atoms with Crippen molar-refractivity contribution in [3.8, 4) is 33.9 Å². The van der Waals surface area contributed by atoms with Crippen molar-refractivity contribution in [2.24, 2.45) is 0 Å². The van der Waals surface area contributed by atoms with E-state index in [-0.39, 0.29) is 11.3 Å². The molecule has 3 N–H and O–H groups in total. The van der Waals surface area contributed by atoms with Gasteiger partial charge in [-0.15, -0.1) is 0 Å². The number of likely N-dealkylation sites (N-methyl/N-ethyl adjacent to an activating group) is 1. The zero-order valence-electron chi connectivity index (χ0n) is 20.8. The average Bonchev–Trinajstić information content (AvgIpc) is 3.53. The predicted octanol–water partition coefficient (Wildman–Crippen LogP) is 5.48. The molecule has 0 unspecified atom stereocenters. The number of anilines is 1. The molecule has 4 aromatic heterocycles. The summed E-state index contributed by atoms with van der Waals surface area (Å²) in [6.07, 6.45) is 5.00. The Morgan fingerprint density at radius 3 is 2.66 bits per heavy atom. The number of nitrogens with one attached hydrogen (secondary N) is 3. The molecule has 10 heteroatoms. The molecule has 0 saturated heterocycles. The standard InChI is InChI=1S/C28H24F2N8/c1-38(2)9-8-32-20-11-18(10-19(29)14-20)24-27-23(5-7-33-24)34-28(35-27)26-21-12-17(16-4-3-6-31-15-16)13-22(30)25(21)36-37-26/h3-7,10-15,32H,8-9H2,1-2H3,(H,34,35)(H,36,37). The van der Waals surface area contributed by atoms with Crippen molar-refractivity contribution in [2.75, 3.05) is 32.5 Å². The van der Waals surface area contributed by atoms with Crippen molar-refractivity contribution < 1.29 is 8.78 Å². The van der Waals surface area contributed by atoms with Gasteiger partial charge < -0.3 is 15.2 Å². The van der Waals surface area contributed by atoms with Crippen LogP contribution in [-0.2, 0) is 0 Å². The van der Waals surface area contributed by atoms with Gasteiger partial charge in [-0.1, -0.05) is 6.07 Å². The molecule has 4 heterocycles. The number of H-pyrrole nitrogens is 2. The molecular weight excluding hydrogens is 486 g/mol. The highest BCUT2D eigenvalue weighted by Gasteiger charge is 2.19. The molecule has 2 aromatic carbocycles. The van der Waals surface area contributed by atoms with Crippen molar-refractivity contribution in [1.29, 1.82) is 0 Å². The third kappa shape index (κ3) is 4.46. The summed E-state index contributed by atoms with van der Waals surface area (Å²) in [7, 11) is 3.96. The Kier molecular flexibility index (Phi) is 6.01. The molecule has 0 amide bonds. The molecule has 0 bridgehead atoms. The number of aromatic nitrogens is 6. The van der Waals surface area contributed by atoms with E-state index in [0.717, 1.165) is 12.1 Å². The van der Waals surface area contributed by atoms with Gasteiger partial charge in [0.25, 0.3) is 0 Å². The Morgan fingerprint density at radius 2 is 1.84 bits per heavy atom. The van der Waals surface area contributed by atoms with Gasteiger partial charge in [0, 0.05) is 53.9 Å². The number of rotatable bonds is 7. The molecule has 0 saturated carbocycles. The summed E-state index contributed by atoms with van der Waals surface area (Å²) < 4.78 is 29.5. The highest BCUT2D eigenvalue weighted by molar-refractivity contribution is 5.98. The van der Waals surface area contributed by atoms with E-state index in [2.05, 4.69) is 30.5 Å². The highest BCUT2D eigenvalue weighted by atomic mass is 19.1. The molecule has 0 fully saturated rings. The van der Waals surface area contributed by atoms with E-state index in [9.17, 15) is 8.78 Å². The molecule has 190 valence electrons. The fraction of sp³-hybridized carbons (Fsp3) is 0.143. The van der Waals surface area contributed by atoms with Gasteiger partial charge in [-0.05, 0) is 62.1 Å². The lowest BCUT2D eigenvalue weighted by Crippen LogP contribution is -2.20. The zero-order valence-corrected chi connectivity index (χ0v) is 20.8. The highest BCUT2D eigenvalue weighted by Crippen LogP contribution is 2.34. The van der Waals surface area contributed by atoms with Crippen LogP contribution in [0.5, 0.6) is 0 Å². The van der Waals surface area contributed by atoms with E-state index in [4.69, 9.17) is 4.98 Å². The van der Waals surface area contributed by atoms with Crippen LogP contribution in [0.15, 0.2) is 67.1 Å². The fourth-order valence-corrected chi connectivity index (χ4v) is 4.47. The summed E-state index contributed by atoms with van der Waals surface area (Å²) in [5, 5.41) is 11.0. The first-order valence-corrected chi connectivity index (χ1v) is 12.1. The van der Waals surface area contributed by atoms with Crippen molar-refractivity contribution in [2.45, 2.75) is 0 Å². The van der Waals surface area contributed by atoms with Gasteiger partial charge in [0.05, 0.1) is 11.2 Å². The van der Waals surface area contributed by atoms with E-state index in [0.29, 0.717) is 57.0 Å². The summed E-state index contributed by atoms with van der Waals surface area (Å²) in [6, 6.07) is 13.5. The van der Waals surface area contributed by atoms with Gasteiger partial charge in [0.2, 0.25) is 0 Å². The molecule has 0 radical (unpaired) electrons. The smallest absolute Gasteiger partial charge is 0.157 e.